The molecule has 1 aromatic carbocycles. The van der Waals surface area contributed by atoms with Gasteiger partial charge in [-0.1, -0.05) is 6.07 Å². The molecule has 1 saturated heterocycles. The Morgan fingerprint density at radius 1 is 1.14 bits per heavy atom. The summed E-state index contributed by atoms with van der Waals surface area (Å²) < 4.78 is 26.8. The van der Waals surface area contributed by atoms with Crippen molar-refractivity contribution in [3.05, 3.63) is 35.4 Å². The van der Waals surface area contributed by atoms with Crippen LogP contribution in [-0.4, -0.2) is 55.0 Å². The van der Waals surface area contributed by atoms with Crippen LogP contribution < -0.4 is 5.73 Å². The van der Waals surface area contributed by atoms with Gasteiger partial charge in [-0.2, -0.15) is 0 Å². The third-order valence-corrected chi connectivity index (χ3v) is 3.77. The van der Waals surface area contributed by atoms with Crippen molar-refractivity contribution >= 4 is 5.91 Å². The number of hydrogen-bond acceptors (Lipinski definition) is 3. The number of unbranched alkanes of at least 4 members (excludes halogenated alkanes) is 1. The number of benzene rings is 1. The van der Waals surface area contributed by atoms with Gasteiger partial charge in [-0.25, -0.2) is 8.78 Å². The lowest BCUT2D eigenvalue weighted by atomic mass is 10.1. The second-order valence-corrected chi connectivity index (χ2v) is 5.23. The normalized spacial score (nSPS) is 16.2. The summed E-state index contributed by atoms with van der Waals surface area (Å²) in [6.07, 6.45) is 2.04. The highest BCUT2D eigenvalue weighted by atomic mass is 19.2. The molecule has 4 nitrogen and oxygen atoms in total. The number of rotatable bonds is 5. The molecule has 0 unspecified atom stereocenters. The summed E-state index contributed by atoms with van der Waals surface area (Å²) in [5.41, 5.74) is 5.27. The molecule has 1 heterocycles. The number of amides is 1. The highest BCUT2D eigenvalue weighted by molar-refractivity contribution is 5.94. The van der Waals surface area contributed by atoms with E-state index in [0.717, 1.165) is 38.5 Å². The topological polar surface area (TPSA) is 49.6 Å². The van der Waals surface area contributed by atoms with E-state index in [4.69, 9.17) is 5.73 Å². The number of nitrogens with zero attached hydrogens (tertiary/aromatic N) is 2. The van der Waals surface area contributed by atoms with Crippen LogP contribution in [0.1, 0.15) is 23.2 Å². The van der Waals surface area contributed by atoms with Crippen molar-refractivity contribution in [2.24, 2.45) is 5.73 Å². The average Bonchev–Trinajstić information content (AvgIpc) is 2.50. The molecule has 0 atom stereocenters. The molecule has 0 aromatic heterocycles. The Hall–Kier alpha value is -1.53. The first-order chi connectivity index (χ1) is 10.1. The number of carbonyl (C=O) groups is 1. The number of nitrogens with two attached hydrogens (primary N) is 1. The van der Waals surface area contributed by atoms with Crippen LogP contribution in [0.5, 0.6) is 0 Å². The first-order valence-corrected chi connectivity index (χ1v) is 7.29. The van der Waals surface area contributed by atoms with Crippen LogP contribution in [0.4, 0.5) is 8.78 Å². The van der Waals surface area contributed by atoms with Gasteiger partial charge in [0.05, 0.1) is 5.56 Å². The summed E-state index contributed by atoms with van der Waals surface area (Å²) in [7, 11) is 0. The molecule has 2 rings (SSSR count). The van der Waals surface area contributed by atoms with E-state index < -0.39 is 17.5 Å². The maximum absolute atomic E-state index is 13.6. The molecular formula is C15H21F2N3O. The zero-order valence-electron chi connectivity index (χ0n) is 12.0. The maximum atomic E-state index is 13.6. The molecule has 21 heavy (non-hydrogen) atoms. The van der Waals surface area contributed by atoms with Crippen molar-refractivity contribution < 1.29 is 13.6 Å². The van der Waals surface area contributed by atoms with E-state index in [0.29, 0.717) is 19.6 Å². The molecule has 1 aromatic rings. The number of piperazine rings is 1. The largest absolute Gasteiger partial charge is 0.336 e. The lowest BCUT2D eigenvalue weighted by Crippen LogP contribution is -2.49. The summed E-state index contributed by atoms with van der Waals surface area (Å²) >= 11 is 0. The fourth-order valence-electron chi connectivity index (χ4n) is 2.49. The quantitative estimate of drug-likeness (QED) is 0.837. The molecule has 0 saturated carbocycles. The van der Waals surface area contributed by atoms with Crippen molar-refractivity contribution in [3.63, 3.8) is 0 Å². The van der Waals surface area contributed by atoms with Crippen molar-refractivity contribution in [2.75, 3.05) is 39.3 Å². The highest BCUT2D eigenvalue weighted by Crippen LogP contribution is 2.15. The minimum absolute atomic E-state index is 0.188. The van der Waals surface area contributed by atoms with E-state index >= 15 is 0 Å². The molecule has 6 heteroatoms. The molecular weight excluding hydrogens is 276 g/mol. The highest BCUT2D eigenvalue weighted by Gasteiger charge is 2.24. The Morgan fingerprint density at radius 3 is 2.52 bits per heavy atom. The van der Waals surface area contributed by atoms with Crippen LogP contribution in [0.25, 0.3) is 0 Å². The zero-order chi connectivity index (χ0) is 15.2. The Balaban J connectivity index is 1.90. The second-order valence-electron chi connectivity index (χ2n) is 5.23. The van der Waals surface area contributed by atoms with Gasteiger partial charge in [0.1, 0.15) is 0 Å². The van der Waals surface area contributed by atoms with E-state index in [2.05, 4.69) is 4.90 Å². The minimum atomic E-state index is -1.06. The summed E-state index contributed by atoms with van der Waals surface area (Å²) in [5.74, 6) is -2.48. The Bertz CT molecular complexity index is 488. The zero-order valence-corrected chi connectivity index (χ0v) is 12.0. The molecule has 0 spiro atoms. The van der Waals surface area contributed by atoms with E-state index in [9.17, 15) is 13.6 Å². The van der Waals surface area contributed by atoms with Crippen LogP contribution >= 0.6 is 0 Å². The van der Waals surface area contributed by atoms with Crippen LogP contribution in [0.15, 0.2) is 18.2 Å². The third-order valence-electron chi connectivity index (χ3n) is 3.77. The van der Waals surface area contributed by atoms with Gasteiger partial charge >= 0.3 is 0 Å². The molecule has 1 fully saturated rings. The molecule has 116 valence electrons. The predicted molar refractivity (Wildman–Crippen MR) is 77.0 cm³/mol. The standard InChI is InChI=1S/C15H21F2N3O/c16-13-5-3-4-12(14(13)17)15(21)20-10-8-19(9-11-20)7-2-1-6-18/h3-5H,1-2,6-11,18H2. The number of carbonyl (C=O) groups excluding carboxylic acids is 1. The first-order valence-electron chi connectivity index (χ1n) is 7.29. The van der Waals surface area contributed by atoms with Crippen molar-refractivity contribution in [2.45, 2.75) is 12.8 Å². The predicted octanol–water partition coefficient (Wildman–Crippen LogP) is 1.46. The number of hydrogen-bond donors (Lipinski definition) is 1. The van der Waals surface area contributed by atoms with Crippen LogP contribution in [0.3, 0.4) is 0 Å². The van der Waals surface area contributed by atoms with Gasteiger partial charge < -0.3 is 10.6 Å². The molecule has 0 radical (unpaired) electrons. The smallest absolute Gasteiger partial charge is 0.257 e. The van der Waals surface area contributed by atoms with Crippen LogP contribution in [-0.2, 0) is 0 Å². The summed E-state index contributed by atoms with van der Waals surface area (Å²) in [6.45, 7) is 4.25. The van der Waals surface area contributed by atoms with Crippen molar-refractivity contribution in [1.29, 1.82) is 0 Å². The molecule has 1 aliphatic rings. The molecule has 1 amide bonds. The van der Waals surface area contributed by atoms with E-state index in [1.165, 1.54) is 12.1 Å². The summed E-state index contributed by atoms with van der Waals surface area (Å²) in [4.78, 5) is 16.1. The van der Waals surface area contributed by atoms with E-state index in [1.807, 2.05) is 0 Å². The fourth-order valence-corrected chi connectivity index (χ4v) is 2.49. The minimum Gasteiger partial charge on any atom is -0.336 e. The van der Waals surface area contributed by atoms with Gasteiger partial charge in [0.15, 0.2) is 11.6 Å². The maximum Gasteiger partial charge on any atom is 0.257 e. The monoisotopic (exact) mass is 297 g/mol. The fraction of sp³-hybridized carbons (Fsp3) is 0.533. The molecule has 2 N–H and O–H groups in total. The van der Waals surface area contributed by atoms with E-state index in [-0.39, 0.29) is 5.56 Å². The third kappa shape index (κ3) is 3.98. The van der Waals surface area contributed by atoms with Gasteiger partial charge in [0.25, 0.3) is 5.91 Å². The van der Waals surface area contributed by atoms with Crippen molar-refractivity contribution in [3.8, 4) is 0 Å². The van der Waals surface area contributed by atoms with Gasteiger partial charge in [-0.05, 0) is 38.1 Å². The second kappa shape index (κ2) is 7.47. The SMILES string of the molecule is NCCCCN1CCN(C(=O)c2cccc(F)c2F)CC1. The number of halogens is 2. The summed E-state index contributed by atoms with van der Waals surface area (Å²) in [6, 6.07) is 3.70. The first kappa shape index (κ1) is 15.9. The van der Waals surface area contributed by atoms with Gasteiger partial charge in [-0.15, -0.1) is 0 Å². The van der Waals surface area contributed by atoms with Gasteiger partial charge in [0, 0.05) is 26.2 Å². The van der Waals surface area contributed by atoms with E-state index in [1.54, 1.807) is 4.90 Å². The van der Waals surface area contributed by atoms with Gasteiger partial charge in [-0.3, -0.25) is 9.69 Å². The van der Waals surface area contributed by atoms with Gasteiger partial charge in [0.2, 0.25) is 0 Å². The van der Waals surface area contributed by atoms with Crippen LogP contribution in [0, 0.1) is 11.6 Å². The molecule has 1 aliphatic heterocycles. The Kier molecular flexibility index (Phi) is 5.64. The molecule has 0 aliphatic carbocycles. The van der Waals surface area contributed by atoms with Crippen molar-refractivity contribution in [1.82, 2.24) is 9.80 Å². The van der Waals surface area contributed by atoms with Crippen LogP contribution in [0.2, 0.25) is 0 Å². The Labute approximate surface area is 123 Å². The Morgan fingerprint density at radius 2 is 1.86 bits per heavy atom. The lowest BCUT2D eigenvalue weighted by molar-refractivity contribution is 0.0630. The average molecular weight is 297 g/mol. The molecule has 0 bridgehead atoms. The lowest BCUT2D eigenvalue weighted by Gasteiger charge is -2.34. The summed E-state index contributed by atoms with van der Waals surface area (Å²) in [5, 5.41) is 0.